The Labute approximate surface area is 113 Å². The molecule has 0 atom stereocenters. The molecule has 0 aliphatic heterocycles. The van der Waals surface area contributed by atoms with E-state index in [1.165, 1.54) is 4.90 Å². The normalized spacial score (nSPS) is 10.9. The van der Waals surface area contributed by atoms with Crippen molar-refractivity contribution in [2.45, 2.75) is 33.2 Å². The summed E-state index contributed by atoms with van der Waals surface area (Å²) < 4.78 is 0. The van der Waals surface area contributed by atoms with Gasteiger partial charge in [0.05, 0.1) is 0 Å². The smallest absolute Gasteiger partial charge is 0.323 e. The molecule has 0 aliphatic carbocycles. The van der Waals surface area contributed by atoms with Gasteiger partial charge in [-0.15, -0.1) is 0 Å². The molecular weight excluding hydrogens is 244 g/mol. The maximum Gasteiger partial charge on any atom is 0.323 e. The number of hydrogen-bond acceptors (Lipinski definition) is 2. The van der Waals surface area contributed by atoms with Crippen molar-refractivity contribution in [2.75, 3.05) is 11.4 Å². The first-order valence-electron chi connectivity index (χ1n) is 6.07. The van der Waals surface area contributed by atoms with Crippen LogP contribution < -0.4 is 10.2 Å². The van der Waals surface area contributed by atoms with Gasteiger partial charge in [0.15, 0.2) is 0 Å². The van der Waals surface area contributed by atoms with Gasteiger partial charge in [-0.3, -0.25) is 9.69 Å². The maximum absolute atomic E-state index is 12.1. The van der Waals surface area contributed by atoms with Crippen molar-refractivity contribution in [3.8, 4) is 0 Å². The average Bonchev–Trinajstić information content (AvgIpc) is 2.24. The summed E-state index contributed by atoms with van der Waals surface area (Å²) in [6.07, 6.45) is 0. The van der Waals surface area contributed by atoms with Crippen molar-refractivity contribution in [3.05, 3.63) is 29.8 Å². The van der Waals surface area contributed by atoms with E-state index in [0.717, 1.165) is 5.56 Å². The van der Waals surface area contributed by atoms with Crippen molar-refractivity contribution in [2.24, 2.45) is 0 Å². The maximum atomic E-state index is 12.1. The summed E-state index contributed by atoms with van der Waals surface area (Å²) in [5.74, 6) is -1.05. The minimum atomic E-state index is -1.05. The van der Waals surface area contributed by atoms with E-state index >= 15 is 0 Å². The van der Waals surface area contributed by atoms with Crippen LogP contribution in [0.2, 0.25) is 0 Å². The Morgan fingerprint density at radius 1 is 1.21 bits per heavy atom. The van der Waals surface area contributed by atoms with Crippen LogP contribution in [0.25, 0.3) is 0 Å². The molecule has 104 valence electrons. The number of amides is 2. The number of anilines is 1. The number of rotatable bonds is 3. The lowest BCUT2D eigenvalue weighted by Crippen LogP contribution is -2.50. The van der Waals surface area contributed by atoms with Gasteiger partial charge in [0, 0.05) is 11.2 Å². The minimum Gasteiger partial charge on any atom is -0.480 e. The molecule has 0 spiro atoms. The van der Waals surface area contributed by atoms with Gasteiger partial charge in [0.1, 0.15) is 6.54 Å². The summed E-state index contributed by atoms with van der Waals surface area (Å²) in [5.41, 5.74) is 1.20. The highest BCUT2D eigenvalue weighted by atomic mass is 16.4. The second-order valence-corrected chi connectivity index (χ2v) is 5.50. The molecule has 5 heteroatoms. The van der Waals surface area contributed by atoms with Crippen molar-refractivity contribution >= 4 is 17.7 Å². The molecule has 0 fully saturated rings. The Hall–Kier alpha value is -2.04. The summed E-state index contributed by atoms with van der Waals surface area (Å²) in [6, 6.07) is 6.74. The van der Waals surface area contributed by atoms with Crippen LogP contribution in [-0.4, -0.2) is 29.2 Å². The number of aliphatic carboxylic acids is 1. The van der Waals surface area contributed by atoms with Crippen molar-refractivity contribution in [1.29, 1.82) is 0 Å². The van der Waals surface area contributed by atoms with E-state index in [9.17, 15) is 9.59 Å². The first-order valence-corrected chi connectivity index (χ1v) is 6.07. The SMILES string of the molecule is Cc1ccc(N(CC(=O)O)C(=O)NC(C)(C)C)cc1. The third kappa shape index (κ3) is 4.99. The predicted octanol–water partition coefficient (Wildman–Crippen LogP) is 2.39. The number of nitrogens with one attached hydrogen (secondary N) is 1. The van der Waals surface area contributed by atoms with E-state index in [2.05, 4.69) is 5.32 Å². The Morgan fingerprint density at radius 3 is 2.16 bits per heavy atom. The first kappa shape index (κ1) is 15.0. The molecule has 2 N–H and O–H groups in total. The van der Waals surface area contributed by atoms with Crippen molar-refractivity contribution in [1.82, 2.24) is 5.32 Å². The van der Waals surface area contributed by atoms with E-state index in [1.807, 2.05) is 39.8 Å². The van der Waals surface area contributed by atoms with Crippen molar-refractivity contribution in [3.63, 3.8) is 0 Å². The monoisotopic (exact) mass is 264 g/mol. The third-order valence-corrected chi connectivity index (χ3v) is 2.37. The van der Waals surface area contributed by atoms with E-state index < -0.39 is 17.5 Å². The number of carbonyl (C=O) groups excluding carboxylic acids is 1. The second kappa shape index (κ2) is 5.73. The number of aryl methyl sites for hydroxylation is 1. The highest BCUT2D eigenvalue weighted by Crippen LogP contribution is 2.16. The highest BCUT2D eigenvalue weighted by Gasteiger charge is 2.22. The minimum absolute atomic E-state index is 0.370. The number of carboxylic acid groups (broad SMARTS) is 1. The molecule has 0 heterocycles. The van der Waals surface area contributed by atoms with Gasteiger partial charge >= 0.3 is 12.0 Å². The molecule has 1 rings (SSSR count). The molecule has 0 bridgehead atoms. The molecule has 0 unspecified atom stereocenters. The Kier molecular flexibility index (Phi) is 4.53. The fourth-order valence-corrected chi connectivity index (χ4v) is 1.53. The fraction of sp³-hybridized carbons (Fsp3) is 0.429. The number of benzene rings is 1. The van der Waals surface area contributed by atoms with Gasteiger partial charge in [0.25, 0.3) is 0 Å². The topological polar surface area (TPSA) is 69.6 Å². The Bertz CT molecular complexity index is 461. The van der Waals surface area contributed by atoms with Crippen LogP contribution >= 0.6 is 0 Å². The van der Waals surface area contributed by atoms with E-state index in [-0.39, 0.29) is 6.54 Å². The molecule has 19 heavy (non-hydrogen) atoms. The zero-order chi connectivity index (χ0) is 14.6. The number of nitrogens with zero attached hydrogens (tertiary/aromatic N) is 1. The van der Waals surface area contributed by atoms with Gasteiger partial charge in [0.2, 0.25) is 0 Å². The zero-order valence-electron chi connectivity index (χ0n) is 11.7. The fourth-order valence-electron chi connectivity index (χ4n) is 1.53. The van der Waals surface area contributed by atoms with Crippen LogP contribution in [-0.2, 0) is 4.79 Å². The number of carbonyl (C=O) groups is 2. The molecule has 0 radical (unpaired) electrons. The Morgan fingerprint density at radius 2 is 1.74 bits per heavy atom. The van der Waals surface area contributed by atoms with Crippen LogP contribution in [0.15, 0.2) is 24.3 Å². The highest BCUT2D eigenvalue weighted by molar-refractivity contribution is 5.96. The molecule has 5 nitrogen and oxygen atoms in total. The summed E-state index contributed by atoms with van der Waals surface area (Å²) in [7, 11) is 0. The van der Waals surface area contributed by atoms with Crippen LogP contribution in [0.5, 0.6) is 0 Å². The first-order chi connectivity index (χ1) is 8.69. The molecule has 0 aromatic heterocycles. The number of hydrogen-bond donors (Lipinski definition) is 2. The number of carboxylic acids is 1. The second-order valence-electron chi connectivity index (χ2n) is 5.50. The van der Waals surface area contributed by atoms with Crippen molar-refractivity contribution < 1.29 is 14.7 Å². The molecular formula is C14H20N2O3. The summed E-state index contributed by atoms with van der Waals surface area (Å²) in [4.78, 5) is 24.2. The summed E-state index contributed by atoms with van der Waals surface area (Å²) >= 11 is 0. The molecule has 0 saturated carbocycles. The van der Waals surface area contributed by atoms with E-state index in [4.69, 9.17) is 5.11 Å². The van der Waals surface area contributed by atoms with Crippen LogP contribution in [0.1, 0.15) is 26.3 Å². The third-order valence-electron chi connectivity index (χ3n) is 2.37. The lowest BCUT2D eigenvalue weighted by molar-refractivity contribution is -0.135. The van der Waals surface area contributed by atoms with Crippen LogP contribution in [0.4, 0.5) is 10.5 Å². The van der Waals surface area contributed by atoms with Crippen LogP contribution in [0.3, 0.4) is 0 Å². The lowest BCUT2D eigenvalue weighted by Gasteiger charge is -2.27. The Balaban J connectivity index is 2.97. The summed E-state index contributed by atoms with van der Waals surface area (Å²) in [6.45, 7) is 7.10. The zero-order valence-corrected chi connectivity index (χ0v) is 11.7. The quantitative estimate of drug-likeness (QED) is 0.880. The van der Waals surface area contributed by atoms with Gasteiger partial charge in [-0.05, 0) is 39.8 Å². The lowest BCUT2D eigenvalue weighted by atomic mass is 10.1. The molecule has 0 saturated heterocycles. The molecule has 1 aromatic carbocycles. The standard InChI is InChI=1S/C14H20N2O3/c1-10-5-7-11(8-6-10)16(9-12(17)18)13(19)15-14(2,3)4/h5-8H,9H2,1-4H3,(H,15,19)(H,17,18). The average molecular weight is 264 g/mol. The van der Waals surface area contributed by atoms with Crippen LogP contribution in [0, 0.1) is 6.92 Å². The number of urea groups is 1. The van der Waals surface area contributed by atoms with E-state index in [0.29, 0.717) is 5.69 Å². The molecule has 1 aromatic rings. The van der Waals surface area contributed by atoms with E-state index in [1.54, 1.807) is 12.1 Å². The van der Waals surface area contributed by atoms with Gasteiger partial charge in [-0.25, -0.2) is 4.79 Å². The van der Waals surface area contributed by atoms with Gasteiger partial charge in [-0.2, -0.15) is 0 Å². The largest absolute Gasteiger partial charge is 0.480 e. The van der Waals surface area contributed by atoms with Gasteiger partial charge in [-0.1, -0.05) is 17.7 Å². The summed E-state index contributed by atoms with van der Waals surface area (Å²) in [5, 5.41) is 11.7. The predicted molar refractivity (Wildman–Crippen MR) is 74.4 cm³/mol. The molecule has 2 amide bonds. The van der Waals surface area contributed by atoms with Gasteiger partial charge < -0.3 is 10.4 Å². The molecule has 0 aliphatic rings.